The Bertz CT molecular complexity index is 420. The van der Waals surface area contributed by atoms with Crippen molar-refractivity contribution in [2.45, 2.75) is 13.5 Å². The van der Waals surface area contributed by atoms with Crippen molar-refractivity contribution in [2.75, 3.05) is 7.05 Å². The highest BCUT2D eigenvalue weighted by molar-refractivity contribution is 5.73. The summed E-state index contributed by atoms with van der Waals surface area (Å²) in [5.41, 5.74) is 2.99. The summed E-state index contributed by atoms with van der Waals surface area (Å²) >= 11 is 0. The molecule has 2 aromatic rings. The summed E-state index contributed by atoms with van der Waals surface area (Å²) in [4.78, 5) is 4.31. The number of hydrogen-bond donors (Lipinski definition) is 1. The Hall–Kier alpha value is -1.35. The van der Waals surface area contributed by atoms with E-state index in [0.29, 0.717) is 6.54 Å². The summed E-state index contributed by atoms with van der Waals surface area (Å²) in [7, 11) is 1.88. The van der Waals surface area contributed by atoms with Gasteiger partial charge in [-0.05, 0) is 31.7 Å². The molecule has 0 saturated carbocycles. The first-order chi connectivity index (χ1) is 6.29. The molecule has 68 valence electrons. The maximum absolute atomic E-state index is 5.52. The molecule has 0 fully saturated rings. The van der Waals surface area contributed by atoms with E-state index in [4.69, 9.17) is 4.42 Å². The molecule has 0 aliphatic carbocycles. The minimum atomic E-state index is 0.674. The zero-order valence-electron chi connectivity index (χ0n) is 7.79. The molecule has 1 aromatic heterocycles. The second-order valence-electron chi connectivity index (χ2n) is 3.11. The van der Waals surface area contributed by atoms with Crippen molar-refractivity contribution in [3.63, 3.8) is 0 Å². The first-order valence-electron chi connectivity index (χ1n) is 4.30. The van der Waals surface area contributed by atoms with Gasteiger partial charge >= 0.3 is 0 Å². The monoisotopic (exact) mass is 176 g/mol. The van der Waals surface area contributed by atoms with E-state index in [1.54, 1.807) is 0 Å². The largest absolute Gasteiger partial charge is 0.439 e. The van der Waals surface area contributed by atoms with E-state index in [0.717, 1.165) is 17.0 Å². The average Bonchev–Trinajstić information content (AvgIpc) is 2.46. The molecule has 0 saturated heterocycles. The normalized spacial score (nSPS) is 10.9. The number of nitrogens with zero attached hydrogens (tertiary/aromatic N) is 1. The third kappa shape index (κ3) is 1.55. The van der Waals surface area contributed by atoms with Crippen LogP contribution in [0.2, 0.25) is 0 Å². The molecule has 3 heteroatoms. The summed E-state index contributed by atoms with van der Waals surface area (Å²) in [6.07, 6.45) is 0. The second-order valence-corrected chi connectivity index (χ2v) is 3.11. The average molecular weight is 176 g/mol. The van der Waals surface area contributed by atoms with Crippen LogP contribution in [0.3, 0.4) is 0 Å². The zero-order chi connectivity index (χ0) is 9.26. The van der Waals surface area contributed by atoms with Gasteiger partial charge in [0.1, 0.15) is 5.52 Å². The van der Waals surface area contributed by atoms with Crippen LogP contribution in [-0.2, 0) is 6.54 Å². The molecule has 0 radical (unpaired) electrons. The minimum Gasteiger partial charge on any atom is -0.439 e. The maximum Gasteiger partial charge on any atom is 0.209 e. The molecule has 1 aromatic carbocycles. The fourth-order valence-electron chi connectivity index (χ4n) is 1.31. The molecule has 1 heterocycles. The van der Waals surface area contributed by atoms with E-state index in [2.05, 4.69) is 10.3 Å². The van der Waals surface area contributed by atoms with Crippen LogP contribution in [0.15, 0.2) is 22.6 Å². The predicted molar refractivity (Wildman–Crippen MR) is 51.5 cm³/mol. The van der Waals surface area contributed by atoms with Crippen molar-refractivity contribution >= 4 is 11.1 Å². The molecule has 1 N–H and O–H groups in total. The van der Waals surface area contributed by atoms with Crippen molar-refractivity contribution in [3.05, 3.63) is 29.7 Å². The number of benzene rings is 1. The van der Waals surface area contributed by atoms with Gasteiger partial charge in [-0.15, -0.1) is 0 Å². The van der Waals surface area contributed by atoms with Crippen LogP contribution in [0.1, 0.15) is 11.5 Å². The summed E-state index contributed by atoms with van der Waals surface area (Å²) in [6.45, 7) is 2.72. The number of aryl methyl sites for hydroxylation is 1. The van der Waals surface area contributed by atoms with Gasteiger partial charge in [0.05, 0.1) is 6.54 Å². The van der Waals surface area contributed by atoms with Gasteiger partial charge in [0.25, 0.3) is 0 Å². The van der Waals surface area contributed by atoms with Gasteiger partial charge in [-0.1, -0.05) is 6.07 Å². The molecule has 0 aliphatic heterocycles. The Balaban J connectivity index is 2.49. The van der Waals surface area contributed by atoms with Crippen molar-refractivity contribution in [1.29, 1.82) is 0 Å². The van der Waals surface area contributed by atoms with Crippen LogP contribution >= 0.6 is 0 Å². The second kappa shape index (κ2) is 3.18. The summed E-state index contributed by atoms with van der Waals surface area (Å²) < 4.78 is 5.52. The highest BCUT2D eigenvalue weighted by Crippen LogP contribution is 2.16. The standard InChI is InChI=1S/C10H12N2O/c1-7-3-4-8-9(5-7)13-10(12-8)6-11-2/h3-5,11H,6H2,1-2H3. The lowest BCUT2D eigenvalue weighted by molar-refractivity contribution is 0.511. The van der Waals surface area contributed by atoms with E-state index in [1.807, 2.05) is 32.2 Å². The fraction of sp³-hybridized carbons (Fsp3) is 0.300. The van der Waals surface area contributed by atoms with Crippen molar-refractivity contribution < 1.29 is 4.42 Å². The topological polar surface area (TPSA) is 38.1 Å². The predicted octanol–water partition coefficient (Wildman–Crippen LogP) is 1.86. The quantitative estimate of drug-likeness (QED) is 0.758. The number of rotatable bonds is 2. The van der Waals surface area contributed by atoms with Gasteiger partial charge in [0.2, 0.25) is 5.89 Å². The van der Waals surface area contributed by atoms with Gasteiger partial charge in [-0.3, -0.25) is 0 Å². The van der Waals surface area contributed by atoms with Gasteiger partial charge in [-0.2, -0.15) is 0 Å². The van der Waals surface area contributed by atoms with Crippen LogP contribution < -0.4 is 5.32 Å². The van der Waals surface area contributed by atoms with Crippen LogP contribution in [0.5, 0.6) is 0 Å². The van der Waals surface area contributed by atoms with E-state index in [-0.39, 0.29) is 0 Å². The molecule has 2 rings (SSSR count). The Morgan fingerprint density at radius 3 is 3.08 bits per heavy atom. The van der Waals surface area contributed by atoms with E-state index >= 15 is 0 Å². The SMILES string of the molecule is CNCc1nc2ccc(C)cc2o1. The molecule has 3 nitrogen and oxygen atoms in total. The number of aromatic nitrogens is 1. The van der Waals surface area contributed by atoms with Gasteiger partial charge in [-0.25, -0.2) is 4.98 Å². The molecule has 0 amide bonds. The van der Waals surface area contributed by atoms with Gasteiger partial charge in [0.15, 0.2) is 5.58 Å². The Morgan fingerprint density at radius 1 is 1.46 bits per heavy atom. The lowest BCUT2D eigenvalue weighted by Crippen LogP contribution is -2.04. The molecule has 0 unspecified atom stereocenters. The Morgan fingerprint density at radius 2 is 2.31 bits per heavy atom. The molecule has 0 aliphatic rings. The molecule has 0 atom stereocenters. The Labute approximate surface area is 76.8 Å². The molecular formula is C10H12N2O. The van der Waals surface area contributed by atoms with Crippen molar-refractivity contribution in [2.24, 2.45) is 0 Å². The zero-order valence-corrected chi connectivity index (χ0v) is 7.79. The number of fused-ring (bicyclic) bond motifs is 1. The molecule has 0 spiro atoms. The first-order valence-corrected chi connectivity index (χ1v) is 4.30. The summed E-state index contributed by atoms with van der Waals surface area (Å²) in [6, 6.07) is 6.02. The molecular weight excluding hydrogens is 164 g/mol. The van der Waals surface area contributed by atoms with E-state index < -0.39 is 0 Å². The molecule has 0 bridgehead atoms. The van der Waals surface area contributed by atoms with Crippen molar-refractivity contribution in [3.8, 4) is 0 Å². The highest BCUT2D eigenvalue weighted by Gasteiger charge is 2.03. The minimum absolute atomic E-state index is 0.674. The van der Waals surface area contributed by atoms with Crippen LogP contribution in [0.25, 0.3) is 11.1 Å². The third-order valence-electron chi connectivity index (χ3n) is 1.92. The number of oxazole rings is 1. The van der Waals surface area contributed by atoms with Crippen molar-refractivity contribution in [1.82, 2.24) is 10.3 Å². The van der Waals surface area contributed by atoms with E-state index in [1.165, 1.54) is 5.56 Å². The smallest absolute Gasteiger partial charge is 0.209 e. The van der Waals surface area contributed by atoms with Crippen LogP contribution in [0, 0.1) is 6.92 Å². The van der Waals surface area contributed by atoms with Gasteiger partial charge in [0, 0.05) is 0 Å². The Kier molecular flexibility index (Phi) is 2.02. The maximum atomic E-state index is 5.52. The lowest BCUT2D eigenvalue weighted by Gasteiger charge is -1.89. The van der Waals surface area contributed by atoms with Gasteiger partial charge < -0.3 is 9.73 Å². The third-order valence-corrected chi connectivity index (χ3v) is 1.92. The lowest BCUT2D eigenvalue weighted by atomic mass is 10.2. The molecule has 13 heavy (non-hydrogen) atoms. The van der Waals surface area contributed by atoms with E-state index in [9.17, 15) is 0 Å². The first kappa shape index (κ1) is 8.26. The summed E-state index contributed by atoms with van der Waals surface area (Å²) in [5.74, 6) is 0.739. The fourth-order valence-corrected chi connectivity index (χ4v) is 1.31. The number of nitrogens with one attached hydrogen (secondary N) is 1. The van der Waals surface area contributed by atoms with Crippen LogP contribution in [0.4, 0.5) is 0 Å². The highest BCUT2D eigenvalue weighted by atomic mass is 16.3. The van der Waals surface area contributed by atoms with Crippen LogP contribution in [-0.4, -0.2) is 12.0 Å². The summed E-state index contributed by atoms with van der Waals surface area (Å²) in [5, 5.41) is 3.00. The number of hydrogen-bond acceptors (Lipinski definition) is 3.